The first-order valence-electron chi connectivity index (χ1n) is 10.4. The van der Waals surface area contributed by atoms with Gasteiger partial charge in [-0.1, -0.05) is 0 Å². The molecular weight excluding hydrogens is 386 g/mol. The van der Waals surface area contributed by atoms with Crippen LogP contribution in [0.25, 0.3) is 11.0 Å². The van der Waals surface area contributed by atoms with E-state index in [1.807, 2.05) is 19.1 Å². The summed E-state index contributed by atoms with van der Waals surface area (Å²) in [5, 5.41) is 3.77. The van der Waals surface area contributed by atoms with Gasteiger partial charge in [0.2, 0.25) is 0 Å². The van der Waals surface area contributed by atoms with Crippen molar-refractivity contribution >= 4 is 22.9 Å². The fraction of sp³-hybridized carbons (Fsp3) is 0.500. The number of nitrogens with zero attached hydrogens (tertiary/aromatic N) is 2. The Balaban J connectivity index is 1.34. The van der Waals surface area contributed by atoms with Gasteiger partial charge in [-0.2, -0.15) is 0 Å². The van der Waals surface area contributed by atoms with Crippen molar-refractivity contribution in [2.45, 2.75) is 44.8 Å². The van der Waals surface area contributed by atoms with Crippen LogP contribution in [0.1, 0.15) is 30.0 Å². The molecule has 2 fully saturated rings. The maximum Gasteiger partial charge on any atom is 0.339 e. The van der Waals surface area contributed by atoms with Crippen molar-refractivity contribution in [2.75, 3.05) is 26.7 Å². The minimum atomic E-state index is -0.685. The van der Waals surface area contributed by atoms with Crippen LogP contribution in [-0.2, 0) is 17.6 Å². The molecule has 1 aliphatic carbocycles. The second-order valence-electron chi connectivity index (χ2n) is 8.66. The van der Waals surface area contributed by atoms with Crippen LogP contribution >= 0.6 is 0 Å². The summed E-state index contributed by atoms with van der Waals surface area (Å²) in [6.07, 6.45) is 1.93. The molecule has 1 spiro atoms. The van der Waals surface area contributed by atoms with Crippen LogP contribution in [0.3, 0.4) is 0 Å². The zero-order valence-electron chi connectivity index (χ0n) is 17.4. The number of urea groups is 1. The molecule has 0 bridgehead atoms. The minimum absolute atomic E-state index is 0.105. The summed E-state index contributed by atoms with van der Waals surface area (Å²) >= 11 is 0. The Morgan fingerprint density at radius 3 is 2.67 bits per heavy atom. The predicted octanol–water partition coefficient (Wildman–Crippen LogP) is 1.59. The molecule has 1 atom stereocenters. The zero-order chi connectivity index (χ0) is 21.2. The van der Waals surface area contributed by atoms with Crippen molar-refractivity contribution in [3.63, 3.8) is 0 Å². The molecule has 3 amide bonds. The van der Waals surface area contributed by atoms with Crippen molar-refractivity contribution in [3.05, 3.63) is 39.2 Å². The van der Waals surface area contributed by atoms with Crippen molar-refractivity contribution in [1.29, 1.82) is 0 Å². The molecule has 30 heavy (non-hydrogen) atoms. The quantitative estimate of drug-likeness (QED) is 0.775. The van der Waals surface area contributed by atoms with E-state index >= 15 is 0 Å². The molecule has 1 aromatic carbocycles. The summed E-state index contributed by atoms with van der Waals surface area (Å²) in [6, 6.07) is 3.67. The van der Waals surface area contributed by atoms with Crippen molar-refractivity contribution in [3.8, 4) is 5.75 Å². The number of hydrogen-bond donors (Lipinski definition) is 1. The topological polar surface area (TPSA) is 92.1 Å². The molecule has 8 nitrogen and oxygen atoms in total. The monoisotopic (exact) mass is 411 g/mol. The third-order valence-corrected chi connectivity index (χ3v) is 6.86. The SMILES string of the molecule is Cc1c(OC(C)C(=O)N2CC3(CNC(=O)N3C)C2)ccc2c3c(c(=O)oc12)CCC3. The molecule has 3 heterocycles. The Labute approximate surface area is 173 Å². The number of benzene rings is 1. The zero-order valence-corrected chi connectivity index (χ0v) is 17.4. The third-order valence-electron chi connectivity index (χ3n) is 6.86. The van der Waals surface area contributed by atoms with Crippen molar-refractivity contribution in [2.24, 2.45) is 0 Å². The summed E-state index contributed by atoms with van der Waals surface area (Å²) in [6.45, 7) is 5.10. The second-order valence-corrected chi connectivity index (χ2v) is 8.66. The molecule has 158 valence electrons. The average molecular weight is 411 g/mol. The average Bonchev–Trinajstić information content (AvgIpc) is 3.29. The van der Waals surface area contributed by atoms with E-state index in [1.54, 1.807) is 23.8 Å². The minimum Gasteiger partial charge on any atom is -0.480 e. The molecule has 2 saturated heterocycles. The number of nitrogens with one attached hydrogen (secondary N) is 1. The lowest BCUT2D eigenvalue weighted by molar-refractivity contribution is -0.148. The van der Waals surface area contributed by atoms with Gasteiger partial charge >= 0.3 is 11.7 Å². The molecule has 3 aliphatic rings. The van der Waals surface area contributed by atoms with Gasteiger partial charge < -0.3 is 24.3 Å². The van der Waals surface area contributed by atoms with Crippen LogP contribution in [0, 0.1) is 6.92 Å². The van der Waals surface area contributed by atoms with Gasteiger partial charge in [0.05, 0.1) is 5.54 Å². The summed E-state index contributed by atoms with van der Waals surface area (Å²) in [5.41, 5.74) is 2.55. The van der Waals surface area contributed by atoms with Gasteiger partial charge in [0.25, 0.3) is 5.91 Å². The summed E-state index contributed by atoms with van der Waals surface area (Å²) in [5.74, 6) is 0.415. The van der Waals surface area contributed by atoms with Crippen LogP contribution in [0.15, 0.2) is 21.3 Å². The van der Waals surface area contributed by atoms with E-state index in [0.717, 1.165) is 41.3 Å². The highest BCUT2D eigenvalue weighted by molar-refractivity contribution is 5.87. The first-order valence-corrected chi connectivity index (χ1v) is 10.4. The molecule has 1 N–H and O–H groups in total. The highest BCUT2D eigenvalue weighted by atomic mass is 16.5. The third kappa shape index (κ3) is 2.62. The fourth-order valence-electron chi connectivity index (χ4n) is 4.93. The molecule has 8 heteroatoms. The number of carbonyl (C=O) groups is 2. The van der Waals surface area contributed by atoms with E-state index < -0.39 is 6.10 Å². The standard InChI is InChI=1S/C22H25N3O5/c1-12-17(8-7-15-14-5-4-6-16(14)20(27)30-18(12)15)29-13(2)19(26)25-10-22(11-25)9-23-21(28)24(22)3/h7-8,13H,4-6,9-11H2,1-3H3,(H,23,28). The number of likely N-dealkylation sites (N-methyl/N-ethyl adjacent to an activating group) is 1. The van der Waals surface area contributed by atoms with Crippen LogP contribution in [0.5, 0.6) is 5.75 Å². The Kier molecular flexibility index (Phi) is 4.10. The van der Waals surface area contributed by atoms with E-state index in [-0.39, 0.29) is 23.1 Å². The molecule has 1 unspecified atom stereocenters. The summed E-state index contributed by atoms with van der Waals surface area (Å²) < 4.78 is 11.6. The number of hydrogen-bond acceptors (Lipinski definition) is 5. The number of fused-ring (bicyclic) bond motifs is 3. The Morgan fingerprint density at radius 1 is 1.23 bits per heavy atom. The number of ether oxygens (including phenoxy) is 1. The van der Waals surface area contributed by atoms with E-state index in [9.17, 15) is 14.4 Å². The van der Waals surface area contributed by atoms with E-state index in [2.05, 4.69) is 5.32 Å². The molecule has 0 radical (unpaired) electrons. The maximum absolute atomic E-state index is 12.8. The molecule has 2 aliphatic heterocycles. The van der Waals surface area contributed by atoms with Crippen LogP contribution < -0.4 is 15.7 Å². The largest absolute Gasteiger partial charge is 0.480 e. The van der Waals surface area contributed by atoms with Gasteiger partial charge in [0.1, 0.15) is 11.3 Å². The lowest BCUT2D eigenvalue weighted by Crippen LogP contribution is -2.71. The Bertz CT molecular complexity index is 1130. The molecular formula is C22H25N3O5. The smallest absolute Gasteiger partial charge is 0.339 e. The van der Waals surface area contributed by atoms with Gasteiger partial charge in [-0.15, -0.1) is 0 Å². The molecule has 2 aromatic rings. The number of carbonyl (C=O) groups excluding carboxylic acids is 2. The van der Waals surface area contributed by atoms with Gasteiger partial charge in [0, 0.05) is 43.2 Å². The number of aryl methyl sites for hydroxylation is 2. The maximum atomic E-state index is 12.8. The predicted molar refractivity (Wildman–Crippen MR) is 110 cm³/mol. The van der Waals surface area contributed by atoms with Gasteiger partial charge in [0.15, 0.2) is 6.10 Å². The summed E-state index contributed by atoms with van der Waals surface area (Å²) in [7, 11) is 1.76. The highest BCUT2D eigenvalue weighted by Gasteiger charge is 2.54. The number of rotatable bonds is 3. The fourth-order valence-corrected chi connectivity index (χ4v) is 4.93. The number of likely N-dealkylation sites (tertiary alicyclic amines) is 1. The van der Waals surface area contributed by atoms with Crippen LogP contribution in [-0.4, -0.2) is 60.1 Å². The van der Waals surface area contributed by atoms with Crippen LogP contribution in [0.2, 0.25) is 0 Å². The highest BCUT2D eigenvalue weighted by Crippen LogP contribution is 2.34. The van der Waals surface area contributed by atoms with Crippen molar-refractivity contribution < 1.29 is 18.7 Å². The second kappa shape index (κ2) is 6.48. The lowest BCUT2D eigenvalue weighted by Gasteiger charge is -2.50. The molecule has 5 rings (SSSR count). The first-order chi connectivity index (χ1) is 14.3. The van der Waals surface area contributed by atoms with Crippen LogP contribution in [0.4, 0.5) is 4.79 Å². The molecule has 1 aromatic heterocycles. The Morgan fingerprint density at radius 2 is 1.97 bits per heavy atom. The molecule has 0 saturated carbocycles. The Hall–Kier alpha value is -3.03. The normalized spacial score (nSPS) is 20.3. The van der Waals surface area contributed by atoms with Gasteiger partial charge in [-0.05, 0) is 50.8 Å². The van der Waals surface area contributed by atoms with Gasteiger partial charge in [-0.3, -0.25) is 4.79 Å². The first kappa shape index (κ1) is 19.0. The number of amides is 3. The lowest BCUT2D eigenvalue weighted by atomic mass is 9.89. The summed E-state index contributed by atoms with van der Waals surface area (Å²) in [4.78, 5) is 40.3. The van der Waals surface area contributed by atoms with Gasteiger partial charge in [-0.25, -0.2) is 9.59 Å². The van der Waals surface area contributed by atoms with E-state index in [4.69, 9.17) is 9.15 Å². The van der Waals surface area contributed by atoms with E-state index in [0.29, 0.717) is 31.0 Å². The van der Waals surface area contributed by atoms with Crippen molar-refractivity contribution in [1.82, 2.24) is 15.1 Å². The van der Waals surface area contributed by atoms with E-state index in [1.165, 1.54) is 0 Å².